The number of hydrogen-bond acceptors (Lipinski definition) is 3. The lowest BCUT2D eigenvalue weighted by atomic mass is 10.1. The third-order valence-electron chi connectivity index (χ3n) is 4.37. The largest absolute Gasteiger partial charge is 0.378 e. The average Bonchev–Trinajstić information content (AvgIpc) is 3.15. The van der Waals surface area contributed by atoms with Crippen molar-refractivity contribution in [2.45, 2.75) is 38.7 Å². The lowest BCUT2D eigenvalue weighted by Crippen LogP contribution is -2.29. The molecule has 0 amide bonds. The molecule has 1 unspecified atom stereocenters. The number of aromatic amines is 1. The lowest BCUT2D eigenvalue weighted by Gasteiger charge is -2.10. The SMILES string of the molecule is Cc1ccc2c(CCNS(=O)(=O)CCC3CCCO3)c[nH]c2c1. The molecule has 5 nitrogen and oxygen atoms in total. The first-order valence-electron chi connectivity index (χ1n) is 8.19. The van der Waals surface area contributed by atoms with Crippen molar-refractivity contribution >= 4 is 20.9 Å². The highest BCUT2D eigenvalue weighted by Gasteiger charge is 2.19. The van der Waals surface area contributed by atoms with Gasteiger partial charge in [0.05, 0.1) is 11.9 Å². The maximum Gasteiger partial charge on any atom is 0.211 e. The summed E-state index contributed by atoms with van der Waals surface area (Å²) >= 11 is 0. The van der Waals surface area contributed by atoms with Crippen LogP contribution in [0.5, 0.6) is 0 Å². The Morgan fingerprint density at radius 1 is 1.39 bits per heavy atom. The number of hydrogen-bond donors (Lipinski definition) is 2. The fraction of sp³-hybridized carbons (Fsp3) is 0.529. The minimum atomic E-state index is -3.22. The van der Waals surface area contributed by atoms with Crippen molar-refractivity contribution < 1.29 is 13.2 Å². The predicted octanol–water partition coefficient (Wildman–Crippen LogP) is 2.51. The molecule has 1 saturated heterocycles. The second-order valence-electron chi connectivity index (χ2n) is 6.25. The van der Waals surface area contributed by atoms with Crippen LogP contribution in [0.2, 0.25) is 0 Å². The molecule has 0 radical (unpaired) electrons. The summed E-state index contributed by atoms with van der Waals surface area (Å²) in [7, 11) is -3.22. The second-order valence-corrected chi connectivity index (χ2v) is 8.18. The molecule has 2 heterocycles. The van der Waals surface area contributed by atoms with Crippen molar-refractivity contribution in [1.82, 2.24) is 9.71 Å². The summed E-state index contributed by atoms with van der Waals surface area (Å²) in [5, 5.41) is 1.16. The summed E-state index contributed by atoms with van der Waals surface area (Å²) in [5.74, 6) is 0.144. The molecule has 2 N–H and O–H groups in total. The molecule has 1 aromatic carbocycles. The van der Waals surface area contributed by atoms with E-state index in [-0.39, 0.29) is 11.9 Å². The third-order valence-corrected chi connectivity index (χ3v) is 5.79. The Hall–Kier alpha value is -1.37. The number of benzene rings is 1. The normalized spacial score (nSPS) is 18.7. The van der Waals surface area contributed by atoms with Crippen LogP contribution in [0.25, 0.3) is 10.9 Å². The number of rotatable bonds is 7. The zero-order valence-corrected chi connectivity index (χ0v) is 14.3. The van der Waals surface area contributed by atoms with Crippen LogP contribution in [-0.2, 0) is 21.2 Å². The number of ether oxygens (including phenoxy) is 1. The Morgan fingerprint density at radius 2 is 2.26 bits per heavy atom. The van der Waals surface area contributed by atoms with Gasteiger partial charge in [-0.25, -0.2) is 13.1 Å². The summed E-state index contributed by atoms with van der Waals surface area (Å²) in [6, 6.07) is 6.26. The molecular weight excluding hydrogens is 312 g/mol. The van der Waals surface area contributed by atoms with Gasteiger partial charge in [0.1, 0.15) is 0 Å². The monoisotopic (exact) mass is 336 g/mol. The molecule has 0 aliphatic carbocycles. The zero-order valence-electron chi connectivity index (χ0n) is 13.5. The van der Waals surface area contributed by atoms with E-state index in [2.05, 4.69) is 34.8 Å². The topological polar surface area (TPSA) is 71.2 Å². The van der Waals surface area contributed by atoms with E-state index < -0.39 is 10.0 Å². The number of fused-ring (bicyclic) bond motifs is 1. The predicted molar refractivity (Wildman–Crippen MR) is 92.1 cm³/mol. The van der Waals surface area contributed by atoms with Crippen LogP contribution in [0.3, 0.4) is 0 Å². The zero-order chi connectivity index (χ0) is 16.3. The molecular formula is C17H24N2O3S. The first-order valence-corrected chi connectivity index (χ1v) is 9.84. The van der Waals surface area contributed by atoms with Crippen molar-refractivity contribution in [3.63, 3.8) is 0 Å². The molecule has 6 heteroatoms. The van der Waals surface area contributed by atoms with Crippen molar-refractivity contribution in [1.29, 1.82) is 0 Å². The van der Waals surface area contributed by atoms with Crippen molar-refractivity contribution in [3.05, 3.63) is 35.5 Å². The Morgan fingerprint density at radius 3 is 3.04 bits per heavy atom. The average molecular weight is 336 g/mol. The van der Waals surface area contributed by atoms with E-state index in [9.17, 15) is 8.42 Å². The first-order chi connectivity index (χ1) is 11.0. The Kier molecular flexibility index (Phi) is 5.04. The van der Waals surface area contributed by atoms with Crippen LogP contribution < -0.4 is 4.72 Å². The highest BCUT2D eigenvalue weighted by atomic mass is 32.2. The van der Waals surface area contributed by atoms with Gasteiger partial charge in [-0.1, -0.05) is 12.1 Å². The van der Waals surface area contributed by atoms with Crippen LogP contribution in [0, 0.1) is 6.92 Å². The fourth-order valence-corrected chi connectivity index (χ4v) is 4.21. The smallest absolute Gasteiger partial charge is 0.211 e. The Balaban J connectivity index is 1.51. The van der Waals surface area contributed by atoms with E-state index in [0.717, 1.165) is 35.9 Å². The van der Waals surface area contributed by atoms with E-state index in [4.69, 9.17) is 4.74 Å². The molecule has 0 spiro atoms. The number of sulfonamides is 1. The maximum atomic E-state index is 12.0. The highest BCUT2D eigenvalue weighted by molar-refractivity contribution is 7.89. The molecule has 2 aromatic rings. The second kappa shape index (κ2) is 7.03. The molecule has 1 aliphatic rings. The van der Waals surface area contributed by atoms with Gasteiger partial charge in [0.25, 0.3) is 0 Å². The van der Waals surface area contributed by atoms with Gasteiger partial charge in [0.15, 0.2) is 0 Å². The Labute approximate surface area is 137 Å². The highest BCUT2D eigenvalue weighted by Crippen LogP contribution is 2.20. The van der Waals surface area contributed by atoms with E-state index in [1.165, 1.54) is 5.56 Å². The number of aryl methyl sites for hydroxylation is 1. The van der Waals surface area contributed by atoms with Gasteiger partial charge in [0.2, 0.25) is 10.0 Å². The van der Waals surface area contributed by atoms with Crippen LogP contribution in [0.1, 0.15) is 30.4 Å². The van der Waals surface area contributed by atoms with Crippen LogP contribution >= 0.6 is 0 Å². The van der Waals surface area contributed by atoms with Crippen LogP contribution in [0.15, 0.2) is 24.4 Å². The summed E-state index contributed by atoms with van der Waals surface area (Å²) < 4.78 is 32.3. The Bertz CT molecular complexity index is 761. The molecule has 1 aliphatic heterocycles. The first kappa shape index (κ1) is 16.5. The van der Waals surface area contributed by atoms with Gasteiger partial charge < -0.3 is 9.72 Å². The van der Waals surface area contributed by atoms with E-state index >= 15 is 0 Å². The minimum absolute atomic E-state index is 0.114. The van der Waals surface area contributed by atoms with Crippen molar-refractivity contribution in [2.24, 2.45) is 0 Å². The van der Waals surface area contributed by atoms with Gasteiger partial charge in [-0.3, -0.25) is 0 Å². The molecule has 126 valence electrons. The molecule has 0 bridgehead atoms. The minimum Gasteiger partial charge on any atom is -0.378 e. The summed E-state index contributed by atoms with van der Waals surface area (Å²) in [6.45, 7) is 3.25. The van der Waals surface area contributed by atoms with Crippen molar-refractivity contribution in [2.75, 3.05) is 18.9 Å². The molecule has 0 saturated carbocycles. The van der Waals surface area contributed by atoms with Gasteiger partial charge in [0, 0.05) is 30.3 Å². The van der Waals surface area contributed by atoms with Gasteiger partial charge >= 0.3 is 0 Å². The van der Waals surface area contributed by atoms with E-state index in [0.29, 0.717) is 19.4 Å². The quantitative estimate of drug-likeness (QED) is 0.816. The number of H-pyrrole nitrogens is 1. The van der Waals surface area contributed by atoms with Crippen LogP contribution in [-0.4, -0.2) is 38.4 Å². The van der Waals surface area contributed by atoms with Gasteiger partial charge in [-0.05, 0) is 49.8 Å². The van der Waals surface area contributed by atoms with E-state index in [1.54, 1.807) is 0 Å². The maximum absolute atomic E-state index is 12.0. The number of nitrogens with one attached hydrogen (secondary N) is 2. The summed E-state index contributed by atoms with van der Waals surface area (Å²) in [5.41, 5.74) is 3.45. The summed E-state index contributed by atoms with van der Waals surface area (Å²) in [4.78, 5) is 3.25. The third kappa shape index (κ3) is 4.34. The molecule has 1 atom stereocenters. The molecule has 3 rings (SSSR count). The molecule has 1 aromatic heterocycles. The number of aromatic nitrogens is 1. The fourth-order valence-electron chi connectivity index (χ4n) is 3.08. The van der Waals surface area contributed by atoms with E-state index in [1.807, 2.05) is 6.20 Å². The standard InChI is InChI=1S/C17H24N2O3S/c1-13-4-5-16-14(12-18-17(16)11-13)6-8-19-23(20,21)10-7-15-3-2-9-22-15/h4-5,11-12,15,18-19H,2-3,6-10H2,1H3. The molecule has 23 heavy (non-hydrogen) atoms. The lowest BCUT2D eigenvalue weighted by molar-refractivity contribution is 0.109. The summed E-state index contributed by atoms with van der Waals surface area (Å²) in [6.07, 6.45) is 5.36. The van der Waals surface area contributed by atoms with Crippen molar-refractivity contribution in [3.8, 4) is 0 Å². The van der Waals surface area contributed by atoms with Crippen LogP contribution in [0.4, 0.5) is 0 Å². The van der Waals surface area contributed by atoms with Gasteiger partial charge in [-0.2, -0.15) is 0 Å². The molecule has 1 fully saturated rings. The van der Waals surface area contributed by atoms with Gasteiger partial charge in [-0.15, -0.1) is 0 Å².